The van der Waals surface area contributed by atoms with E-state index in [1.165, 1.54) is 0 Å². The predicted octanol–water partition coefficient (Wildman–Crippen LogP) is 3.22. The standard InChI is InChI=1S/C18H22N2O3/c1-14(15-7-4-3-5-8-15)20-13-19-11-16(20)17(21)23-12-18(22-2)9-6-10-18/h3-5,7-8,11,13-14H,6,9-10,12H2,1-2H3. The summed E-state index contributed by atoms with van der Waals surface area (Å²) >= 11 is 0. The lowest BCUT2D eigenvalue weighted by Crippen LogP contribution is -2.44. The number of rotatable bonds is 6. The SMILES string of the molecule is COC1(COC(=O)c2cncn2C(C)c2ccccc2)CCC1. The summed E-state index contributed by atoms with van der Waals surface area (Å²) < 4.78 is 12.8. The number of hydrogen-bond acceptors (Lipinski definition) is 4. The van der Waals surface area contributed by atoms with Crippen LogP contribution in [-0.2, 0) is 9.47 Å². The lowest BCUT2D eigenvalue weighted by molar-refractivity contribution is -0.109. The van der Waals surface area contributed by atoms with E-state index >= 15 is 0 Å². The molecule has 2 aromatic rings. The Morgan fingerprint density at radius 1 is 1.35 bits per heavy atom. The van der Waals surface area contributed by atoms with Gasteiger partial charge in [-0.25, -0.2) is 9.78 Å². The van der Waals surface area contributed by atoms with Crippen LogP contribution in [0, 0.1) is 0 Å². The zero-order valence-electron chi connectivity index (χ0n) is 13.6. The summed E-state index contributed by atoms with van der Waals surface area (Å²) in [6, 6.07) is 10.0. The molecule has 3 rings (SSSR count). The van der Waals surface area contributed by atoms with Crippen LogP contribution in [0.5, 0.6) is 0 Å². The fraction of sp³-hybridized carbons (Fsp3) is 0.444. The number of nitrogens with zero attached hydrogens (tertiary/aromatic N) is 2. The minimum Gasteiger partial charge on any atom is -0.458 e. The lowest BCUT2D eigenvalue weighted by Gasteiger charge is -2.39. The van der Waals surface area contributed by atoms with Gasteiger partial charge in [-0.3, -0.25) is 0 Å². The Labute approximate surface area is 136 Å². The first-order valence-electron chi connectivity index (χ1n) is 7.94. The van der Waals surface area contributed by atoms with Gasteiger partial charge in [0.1, 0.15) is 17.9 Å². The summed E-state index contributed by atoms with van der Waals surface area (Å²) in [5.41, 5.74) is 1.30. The molecule has 122 valence electrons. The Bertz CT molecular complexity index is 656. The van der Waals surface area contributed by atoms with Crippen LogP contribution >= 0.6 is 0 Å². The van der Waals surface area contributed by atoms with Crippen molar-refractivity contribution in [3.05, 3.63) is 54.1 Å². The van der Waals surface area contributed by atoms with E-state index in [0.29, 0.717) is 12.3 Å². The topological polar surface area (TPSA) is 53.4 Å². The number of carbonyl (C=O) groups excluding carboxylic acids is 1. The Balaban J connectivity index is 1.71. The Hall–Kier alpha value is -2.14. The number of aromatic nitrogens is 2. The van der Waals surface area contributed by atoms with Gasteiger partial charge in [0.2, 0.25) is 0 Å². The molecule has 1 saturated carbocycles. The molecule has 0 saturated heterocycles. The van der Waals surface area contributed by atoms with Crippen molar-refractivity contribution < 1.29 is 14.3 Å². The van der Waals surface area contributed by atoms with Gasteiger partial charge < -0.3 is 14.0 Å². The molecule has 23 heavy (non-hydrogen) atoms. The predicted molar refractivity (Wildman–Crippen MR) is 86.4 cm³/mol. The second kappa shape index (κ2) is 6.54. The fourth-order valence-electron chi connectivity index (χ4n) is 2.91. The van der Waals surface area contributed by atoms with Crippen molar-refractivity contribution in [2.24, 2.45) is 0 Å². The highest BCUT2D eigenvalue weighted by molar-refractivity contribution is 5.87. The van der Waals surface area contributed by atoms with Crippen LogP contribution in [0.25, 0.3) is 0 Å². The van der Waals surface area contributed by atoms with Crippen LogP contribution in [0.2, 0.25) is 0 Å². The van der Waals surface area contributed by atoms with E-state index in [1.807, 2.05) is 41.8 Å². The van der Waals surface area contributed by atoms with Crippen LogP contribution in [0.3, 0.4) is 0 Å². The van der Waals surface area contributed by atoms with Gasteiger partial charge in [0.15, 0.2) is 0 Å². The van der Waals surface area contributed by atoms with Crippen molar-refractivity contribution in [3.8, 4) is 0 Å². The van der Waals surface area contributed by atoms with E-state index in [-0.39, 0.29) is 17.6 Å². The van der Waals surface area contributed by atoms with E-state index < -0.39 is 0 Å². The van der Waals surface area contributed by atoms with E-state index in [4.69, 9.17) is 9.47 Å². The molecule has 0 aliphatic heterocycles. The van der Waals surface area contributed by atoms with Crippen molar-refractivity contribution in [1.82, 2.24) is 9.55 Å². The van der Waals surface area contributed by atoms with Crippen molar-refractivity contribution in [3.63, 3.8) is 0 Å². The van der Waals surface area contributed by atoms with Gasteiger partial charge >= 0.3 is 5.97 Å². The molecule has 0 radical (unpaired) electrons. The van der Waals surface area contributed by atoms with Crippen LogP contribution in [-0.4, -0.2) is 34.8 Å². The molecule has 1 fully saturated rings. The highest BCUT2D eigenvalue weighted by Gasteiger charge is 2.38. The maximum Gasteiger partial charge on any atom is 0.356 e. The number of hydrogen-bond donors (Lipinski definition) is 0. The van der Waals surface area contributed by atoms with Crippen molar-refractivity contribution in [2.75, 3.05) is 13.7 Å². The van der Waals surface area contributed by atoms with E-state index in [0.717, 1.165) is 24.8 Å². The monoisotopic (exact) mass is 314 g/mol. The zero-order valence-corrected chi connectivity index (χ0v) is 13.6. The van der Waals surface area contributed by atoms with Gasteiger partial charge in [0, 0.05) is 7.11 Å². The second-order valence-corrected chi connectivity index (χ2v) is 6.09. The van der Waals surface area contributed by atoms with Gasteiger partial charge in [0.05, 0.1) is 18.6 Å². The van der Waals surface area contributed by atoms with Crippen LogP contribution in [0.4, 0.5) is 0 Å². The van der Waals surface area contributed by atoms with Gasteiger partial charge in [-0.05, 0) is 31.7 Å². The molecule has 1 atom stereocenters. The quantitative estimate of drug-likeness (QED) is 0.768. The van der Waals surface area contributed by atoms with Crippen LogP contribution in [0.15, 0.2) is 42.9 Å². The minimum atomic E-state index is -0.353. The fourth-order valence-corrected chi connectivity index (χ4v) is 2.91. The third-order valence-electron chi connectivity index (χ3n) is 4.74. The number of esters is 1. The molecule has 1 unspecified atom stereocenters. The third-order valence-corrected chi connectivity index (χ3v) is 4.74. The molecule has 5 heteroatoms. The second-order valence-electron chi connectivity index (χ2n) is 6.09. The molecule has 5 nitrogen and oxygen atoms in total. The summed E-state index contributed by atoms with van der Waals surface area (Å²) in [7, 11) is 1.68. The lowest BCUT2D eigenvalue weighted by atomic mass is 9.81. The maximum absolute atomic E-state index is 12.4. The number of methoxy groups -OCH3 is 1. The number of carbonyl (C=O) groups is 1. The summed E-state index contributed by atoms with van der Waals surface area (Å²) in [5.74, 6) is -0.353. The van der Waals surface area contributed by atoms with Crippen molar-refractivity contribution in [2.45, 2.75) is 37.8 Å². The first-order chi connectivity index (χ1) is 11.2. The highest BCUT2D eigenvalue weighted by Crippen LogP contribution is 2.35. The van der Waals surface area contributed by atoms with Gasteiger partial charge in [0.25, 0.3) is 0 Å². The average Bonchev–Trinajstić information content (AvgIpc) is 3.04. The van der Waals surface area contributed by atoms with E-state index in [2.05, 4.69) is 4.98 Å². The molecule has 1 aliphatic carbocycles. The number of ether oxygens (including phenoxy) is 2. The van der Waals surface area contributed by atoms with E-state index in [9.17, 15) is 4.79 Å². The largest absolute Gasteiger partial charge is 0.458 e. The Morgan fingerprint density at radius 2 is 2.09 bits per heavy atom. The molecular weight excluding hydrogens is 292 g/mol. The zero-order chi connectivity index (χ0) is 16.3. The van der Waals surface area contributed by atoms with E-state index in [1.54, 1.807) is 19.6 Å². The average molecular weight is 314 g/mol. The third kappa shape index (κ3) is 3.15. The van der Waals surface area contributed by atoms with Crippen molar-refractivity contribution >= 4 is 5.97 Å². The minimum absolute atomic E-state index is 0.0151. The van der Waals surface area contributed by atoms with Gasteiger partial charge in [-0.15, -0.1) is 0 Å². The molecule has 1 heterocycles. The summed E-state index contributed by atoms with van der Waals surface area (Å²) in [4.78, 5) is 16.5. The Kier molecular flexibility index (Phi) is 4.48. The molecule has 1 aromatic carbocycles. The molecule has 0 spiro atoms. The summed E-state index contributed by atoms with van der Waals surface area (Å²) in [5, 5.41) is 0. The number of imidazole rings is 1. The Morgan fingerprint density at radius 3 is 2.70 bits per heavy atom. The summed E-state index contributed by atoms with van der Waals surface area (Å²) in [6.45, 7) is 2.34. The molecule has 1 aromatic heterocycles. The normalized spacial score (nSPS) is 17.3. The first-order valence-corrected chi connectivity index (χ1v) is 7.94. The van der Waals surface area contributed by atoms with Crippen LogP contribution in [0.1, 0.15) is 48.3 Å². The molecular formula is C18H22N2O3. The number of benzene rings is 1. The maximum atomic E-state index is 12.4. The molecule has 0 N–H and O–H groups in total. The highest BCUT2D eigenvalue weighted by atomic mass is 16.6. The molecule has 1 aliphatic rings. The smallest absolute Gasteiger partial charge is 0.356 e. The summed E-state index contributed by atoms with van der Waals surface area (Å²) in [6.07, 6.45) is 6.23. The van der Waals surface area contributed by atoms with Crippen LogP contribution < -0.4 is 0 Å². The van der Waals surface area contributed by atoms with Gasteiger partial charge in [-0.2, -0.15) is 0 Å². The molecule has 0 bridgehead atoms. The van der Waals surface area contributed by atoms with Crippen molar-refractivity contribution in [1.29, 1.82) is 0 Å². The first kappa shape index (κ1) is 15.7. The molecule has 0 amide bonds. The van der Waals surface area contributed by atoms with Gasteiger partial charge in [-0.1, -0.05) is 30.3 Å².